The van der Waals surface area contributed by atoms with Crippen LogP contribution in [0.4, 0.5) is 10.5 Å². The molecule has 0 atom stereocenters. The minimum absolute atomic E-state index is 0.254. The Morgan fingerprint density at radius 3 is 2.74 bits per heavy atom. The molecule has 0 radical (unpaired) electrons. The van der Waals surface area contributed by atoms with E-state index in [0.29, 0.717) is 23.6 Å². The lowest BCUT2D eigenvalue weighted by molar-refractivity contribution is -0.127. The number of carbonyl (C=O) groups is 3. The number of rotatable bonds is 7. The van der Waals surface area contributed by atoms with Gasteiger partial charge in [-0.25, -0.2) is 0 Å². The molecule has 1 saturated heterocycles. The molecule has 162 valence electrons. The summed E-state index contributed by atoms with van der Waals surface area (Å²) in [6.07, 6.45) is 2.48. The summed E-state index contributed by atoms with van der Waals surface area (Å²) in [5.41, 5.74) is 3.34. The SMILES string of the molecule is CCCOc1ccc(Br)cc1/C=C1/SC(=O)N(CC(=O)Nc2cccc(C)c2C)C1=O. The first kappa shape index (κ1) is 23.1. The molecule has 6 nitrogen and oxygen atoms in total. The molecule has 2 aromatic rings. The average Bonchev–Trinajstić information content (AvgIpc) is 2.98. The second-order valence-electron chi connectivity index (χ2n) is 7.09. The van der Waals surface area contributed by atoms with E-state index in [2.05, 4.69) is 21.2 Å². The van der Waals surface area contributed by atoms with Crippen LogP contribution >= 0.6 is 27.7 Å². The lowest BCUT2D eigenvalue weighted by Crippen LogP contribution is -2.36. The number of anilines is 1. The second-order valence-corrected chi connectivity index (χ2v) is 9.00. The summed E-state index contributed by atoms with van der Waals surface area (Å²) in [7, 11) is 0. The molecule has 0 bridgehead atoms. The van der Waals surface area contributed by atoms with Crippen LogP contribution in [-0.2, 0) is 9.59 Å². The number of imide groups is 1. The fraction of sp³-hybridized carbons (Fsp3) is 0.261. The summed E-state index contributed by atoms with van der Waals surface area (Å²) in [6, 6.07) is 11.1. The van der Waals surface area contributed by atoms with Gasteiger partial charge in [-0.3, -0.25) is 19.3 Å². The van der Waals surface area contributed by atoms with Crippen LogP contribution < -0.4 is 10.1 Å². The number of benzene rings is 2. The maximum absolute atomic E-state index is 12.8. The molecule has 1 heterocycles. The molecule has 0 aromatic heterocycles. The van der Waals surface area contributed by atoms with E-state index in [0.717, 1.165) is 38.7 Å². The van der Waals surface area contributed by atoms with Crippen molar-refractivity contribution >= 4 is 56.5 Å². The van der Waals surface area contributed by atoms with Crippen molar-refractivity contribution in [2.45, 2.75) is 27.2 Å². The Morgan fingerprint density at radius 1 is 1.23 bits per heavy atom. The van der Waals surface area contributed by atoms with Crippen molar-refractivity contribution in [3.63, 3.8) is 0 Å². The van der Waals surface area contributed by atoms with Gasteiger partial charge in [0.15, 0.2) is 0 Å². The maximum Gasteiger partial charge on any atom is 0.294 e. The number of halogens is 1. The molecule has 0 spiro atoms. The molecule has 0 saturated carbocycles. The predicted octanol–water partition coefficient (Wildman–Crippen LogP) is 5.53. The van der Waals surface area contributed by atoms with Gasteiger partial charge in [-0.15, -0.1) is 0 Å². The Kier molecular flexibility index (Phi) is 7.56. The van der Waals surface area contributed by atoms with E-state index in [1.807, 2.05) is 51.1 Å². The summed E-state index contributed by atoms with van der Waals surface area (Å²) in [5, 5.41) is 2.31. The van der Waals surface area contributed by atoms with Crippen molar-refractivity contribution in [2.75, 3.05) is 18.5 Å². The summed E-state index contributed by atoms with van der Waals surface area (Å²) in [5.74, 6) is -0.288. The van der Waals surface area contributed by atoms with Crippen molar-refractivity contribution in [1.29, 1.82) is 0 Å². The van der Waals surface area contributed by atoms with Crippen molar-refractivity contribution in [1.82, 2.24) is 4.90 Å². The number of hydrogen-bond acceptors (Lipinski definition) is 5. The molecule has 2 aromatic carbocycles. The number of nitrogens with one attached hydrogen (secondary N) is 1. The molecule has 31 heavy (non-hydrogen) atoms. The molecule has 8 heteroatoms. The van der Waals surface area contributed by atoms with E-state index in [9.17, 15) is 14.4 Å². The minimum atomic E-state index is -0.493. The van der Waals surface area contributed by atoms with Crippen molar-refractivity contribution in [2.24, 2.45) is 0 Å². The van der Waals surface area contributed by atoms with E-state index in [-0.39, 0.29) is 11.4 Å². The Morgan fingerprint density at radius 2 is 2.00 bits per heavy atom. The standard InChI is InChI=1S/C23H23BrN2O4S/c1-4-10-30-19-9-8-17(24)11-16(19)12-20-22(28)26(23(29)31-20)13-21(27)25-18-7-5-6-14(2)15(18)3/h5-9,11-12H,4,10,13H2,1-3H3,(H,25,27)/b20-12+. The van der Waals surface area contributed by atoms with Crippen molar-refractivity contribution in [3.8, 4) is 5.75 Å². The number of carbonyl (C=O) groups excluding carboxylic acids is 3. The van der Waals surface area contributed by atoms with Gasteiger partial charge in [0.2, 0.25) is 5.91 Å². The van der Waals surface area contributed by atoms with Gasteiger partial charge < -0.3 is 10.1 Å². The van der Waals surface area contributed by atoms with Gasteiger partial charge in [-0.2, -0.15) is 0 Å². The summed E-state index contributed by atoms with van der Waals surface area (Å²) < 4.78 is 6.57. The highest BCUT2D eigenvalue weighted by Gasteiger charge is 2.36. The number of hydrogen-bond donors (Lipinski definition) is 1. The largest absolute Gasteiger partial charge is 0.493 e. The van der Waals surface area contributed by atoms with E-state index in [4.69, 9.17) is 4.74 Å². The Hall–Kier alpha value is -2.58. The molecule has 1 N–H and O–H groups in total. The molecule has 3 rings (SSSR count). The van der Waals surface area contributed by atoms with Gasteiger partial charge in [0, 0.05) is 15.7 Å². The highest BCUT2D eigenvalue weighted by atomic mass is 79.9. The molecular formula is C23H23BrN2O4S. The zero-order valence-corrected chi connectivity index (χ0v) is 19.9. The van der Waals surface area contributed by atoms with Gasteiger partial charge in [0.1, 0.15) is 12.3 Å². The second kappa shape index (κ2) is 10.2. The van der Waals surface area contributed by atoms with E-state index in [1.54, 1.807) is 12.1 Å². The van der Waals surface area contributed by atoms with Crippen LogP contribution in [0.15, 0.2) is 45.8 Å². The first-order valence-electron chi connectivity index (χ1n) is 9.84. The summed E-state index contributed by atoms with van der Waals surface area (Å²) in [6.45, 7) is 6.07. The number of aryl methyl sites for hydroxylation is 1. The smallest absolute Gasteiger partial charge is 0.294 e. The van der Waals surface area contributed by atoms with Crippen LogP contribution in [0.25, 0.3) is 6.08 Å². The molecule has 0 unspecified atom stereocenters. The van der Waals surface area contributed by atoms with Crippen LogP contribution in [0.5, 0.6) is 5.75 Å². The first-order valence-corrected chi connectivity index (χ1v) is 11.4. The highest BCUT2D eigenvalue weighted by molar-refractivity contribution is 9.10. The fourth-order valence-electron chi connectivity index (χ4n) is 2.97. The van der Waals surface area contributed by atoms with E-state index >= 15 is 0 Å². The molecule has 1 aliphatic heterocycles. The Labute approximate surface area is 194 Å². The third-order valence-electron chi connectivity index (χ3n) is 4.77. The zero-order valence-electron chi connectivity index (χ0n) is 17.5. The van der Waals surface area contributed by atoms with Gasteiger partial charge in [-0.1, -0.05) is 35.0 Å². The Balaban J connectivity index is 1.76. The van der Waals surface area contributed by atoms with E-state index < -0.39 is 17.1 Å². The van der Waals surface area contributed by atoms with Gasteiger partial charge in [0.25, 0.3) is 11.1 Å². The lowest BCUT2D eigenvalue weighted by Gasteiger charge is -2.14. The highest BCUT2D eigenvalue weighted by Crippen LogP contribution is 2.35. The molecule has 3 amide bonds. The van der Waals surface area contributed by atoms with Crippen LogP contribution in [-0.4, -0.2) is 35.1 Å². The van der Waals surface area contributed by atoms with Crippen LogP contribution in [0, 0.1) is 13.8 Å². The molecule has 1 aliphatic rings. The third kappa shape index (κ3) is 5.57. The first-order chi connectivity index (χ1) is 14.8. The van der Waals surface area contributed by atoms with Crippen molar-refractivity contribution < 1.29 is 19.1 Å². The lowest BCUT2D eigenvalue weighted by atomic mass is 10.1. The third-order valence-corrected chi connectivity index (χ3v) is 6.17. The normalized spacial score (nSPS) is 15.0. The van der Waals surface area contributed by atoms with Crippen molar-refractivity contribution in [3.05, 3.63) is 62.5 Å². The maximum atomic E-state index is 12.8. The molecule has 1 fully saturated rings. The zero-order chi connectivity index (χ0) is 22.5. The number of thioether (sulfide) groups is 1. The van der Waals surface area contributed by atoms with Gasteiger partial charge in [0.05, 0.1) is 11.5 Å². The van der Waals surface area contributed by atoms with Crippen LogP contribution in [0.3, 0.4) is 0 Å². The summed E-state index contributed by atoms with van der Waals surface area (Å²) >= 11 is 4.24. The van der Waals surface area contributed by atoms with E-state index in [1.165, 1.54) is 0 Å². The predicted molar refractivity (Wildman–Crippen MR) is 127 cm³/mol. The van der Waals surface area contributed by atoms with Gasteiger partial charge >= 0.3 is 0 Å². The number of ether oxygens (including phenoxy) is 1. The minimum Gasteiger partial charge on any atom is -0.493 e. The topological polar surface area (TPSA) is 75.7 Å². The Bertz CT molecular complexity index is 1070. The quantitative estimate of drug-likeness (QED) is 0.503. The van der Waals surface area contributed by atoms with Crippen LogP contribution in [0.1, 0.15) is 30.0 Å². The number of nitrogens with zero attached hydrogens (tertiary/aromatic N) is 1. The van der Waals surface area contributed by atoms with Gasteiger partial charge in [-0.05, 0) is 73.5 Å². The molecular weight excluding hydrogens is 480 g/mol. The monoisotopic (exact) mass is 502 g/mol. The summed E-state index contributed by atoms with van der Waals surface area (Å²) in [4.78, 5) is 39.0. The molecule has 0 aliphatic carbocycles. The number of amides is 3. The fourth-order valence-corrected chi connectivity index (χ4v) is 4.18. The average molecular weight is 503 g/mol. The van der Waals surface area contributed by atoms with Crippen LogP contribution in [0.2, 0.25) is 0 Å².